The summed E-state index contributed by atoms with van der Waals surface area (Å²) in [5, 5.41) is 17.2. The Kier molecular flexibility index (Phi) is 2.86. The molecular weight excluding hydrogens is 226 g/mol. The SMILES string of the molecule is Nc1cccc(NCc2ncon2)c1[N+](=O)[O-]. The number of rotatable bonds is 4. The molecule has 17 heavy (non-hydrogen) atoms. The molecule has 3 N–H and O–H groups in total. The summed E-state index contributed by atoms with van der Waals surface area (Å²) < 4.78 is 4.54. The minimum Gasteiger partial charge on any atom is -0.393 e. The van der Waals surface area contributed by atoms with Crippen LogP contribution < -0.4 is 11.1 Å². The molecule has 0 aliphatic heterocycles. The molecule has 0 spiro atoms. The zero-order chi connectivity index (χ0) is 12.3. The first-order chi connectivity index (χ1) is 8.18. The average Bonchev–Trinajstić information content (AvgIpc) is 2.78. The maximum atomic E-state index is 10.8. The third-order valence-corrected chi connectivity index (χ3v) is 2.09. The van der Waals surface area contributed by atoms with Gasteiger partial charge in [0, 0.05) is 0 Å². The van der Waals surface area contributed by atoms with E-state index < -0.39 is 4.92 Å². The average molecular weight is 235 g/mol. The van der Waals surface area contributed by atoms with Gasteiger partial charge in [0.05, 0.1) is 11.5 Å². The van der Waals surface area contributed by atoms with Crippen LogP contribution in [0.2, 0.25) is 0 Å². The highest BCUT2D eigenvalue weighted by Crippen LogP contribution is 2.30. The number of para-hydroxylation sites is 1. The summed E-state index contributed by atoms with van der Waals surface area (Å²) in [6, 6.07) is 4.66. The second kappa shape index (κ2) is 4.47. The Hall–Kier alpha value is -2.64. The number of nitro benzene ring substituents is 1. The van der Waals surface area contributed by atoms with E-state index in [0.29, 0.717) is 11.5 Å². The van der Waals surface area contributed by atoms with Crippen LogP contribution in [-0.4, -0.2) is 15.1 Å². The van der Waals surface area contributed by atoms with Gasteiger partial charge in [-0.05, 0) is 12.1 Å². The van der Waals surface area contributed by atoms with Crippen molar-refractivity contribution in [1.29, 1.82) is 0 Å². The molecule has 8 heteroatoms. The Morgan fingerprint density at radius 2 is 2.35 bits per heavy atom. The Balaban J connectivity index is 2.21. The van der Waals surface area contributed by atoms with Gasteiger partial charge in [-0.2, -0.15) is 4.98 Å². The highest BCUT2D eigenvalue weighted by atomic mass is 16.6. The standard InChI is InChI=1S/C9H9N5O3/c10-6-2-1-3-7(9(6)14(15)16)11-4-8-12-5-17-13-8/h1-3,5,11H,4,10H2. The maximum absolute atomic E-state index is 10.8. The van der Waals surface area contributed by atoms with E-state index in [1.54, 1.807) is 12.1 Å². The van der Waals surface area contributed by atoms with Gasteiger partial charge in [-0.25, -0.2) is 0 Å². The van der Waals surface area contributed by atoms with Crippen molar-refractivity contribution in [1.82, 2.24) is 10.1 Å². The van der Waals surface area contributed by atoms with E-state index in [4.69, 9.17) is 5.73 Å². The molecule has 0 fully saturated rings. The smallest absolute Gasteiger partial charge is 0.314 e. The first-order valence-corrected chi connectivity index (χ1v) is 4.70. The summed E-state index contributed by atoms with van der Waals surface area (Å²) >= 11 is 0. The Labute approximate surface area is 95.6 Å². The van der Waals surface area contributed by atoms with Crippen LogP contribution in [0.15, 0.2) is 29.1 Å². The van der Waals surface area contributed by atoms with E-state index in [9.17, 15) is 10.1 Å². The van der Waals surface area contributed by atoms with Crippen LogP contribution in [0.3, 0.4) is 0 Å². The molecule has 1 aromatic heterocycles. The van der Waals surface area contributed by atoms with Crippen molar-refractivity contribution in [3.63, 3.8) is 0 Å². The number of nitrogen functional groups attached to an aromatic ring is 1. The summed E-state index contributed by atoms with van der Waals surface area (Å²) in [5.74, 6) is 0.404. The molecule has 1 heterocycles. The minimum atomic E-state index is -0.534. The topological polar surface area (TPSA) is 120 Å². The third kappa shape index (κ3) is 2.30. The molecule has 2 rings (SSSR count). The van der Waals surface area contributed by atoms with E-state index in [-0.39, 0.29) is 17.9 Å². The maximum Gasteiger partial charge on any atom is 0.314 e. The first-order valence-electron chi connectivity index (χ1n) is 4.70. The molecule has 1 aromatic carbocycles. The second-order valence-corrected chi connectivity index (χ2v) is 3.20. The van der Waals surface area contributed by atoms with Crippen molar-refractivity contribution < 1.29 is 9.45 Å². The van der Waals surface area contributed by atoms with Gasteiger partial charge in [0.25, 0.3) is 0 Å². The molecule has 0 saturated heterocycles. The number of nitrogens with zero attached hydrogens (tertiary/aromatic N) is 3. The zero-order valence-electron chi connectivity index (χ0n) is 8.66. The van der Waals surface area contributed by atoms with Gasteiger partial charge in [-0.3, -0.25) is 10.1 Å². The summed E-state index contributed by atoms with van der Waals surface area (Å²) in [4.78, 5) is 14.1. The fourth-order valence-corrected chi connectivity index (χ4v) is 1.35. The lowest BCUT2D eigenvalue weighted by atomic mass is 10.2. The molecule has 88 valence electrons. The number of nitrogens with one attached hydrogen (secondary N) is 1. The number of benzene rings is 1. The van der Waals surface area contributed by atoms with E-state index in [2.05, 4.69) is 20.0 Å². The predicted octanol–water partition coefficient (Wildman–Crippen LogP) is 1.17. The highest BCUT2D eigenvalue weighted by molar-refractivity contribution is 5.74. The predicted molar refractivity (Wildman–Crippen MR) is 59.1 cm³/mol. The van der Waals surface area contributed by atoms with Crippen molar-refractivity contribution in [2.24, 2.45) is 0 Å². The zero-order valence-corrected chi connectivity index (χ0v) is 8.66. The summed E-state index contributed by atoms with van der Waals surface area (Å²) in [7, 11) is 0. The van der Waals surface area contributed by atoms with Gasteiger partial charge >= 0.3 is 5.69 Å². The molecule has 0 amide bonds. The normalized spacial score (nSPS) is 10.1. The van der Waals surface area contributed by atoms with E-state index in [1.807, 2.05) is 0 Å². The van der Waals surface area contributed by atoms with E-state index >= 15 is 0 Å². The molecule has 0 unspecified atom stereocenters. The largest absolute Gasteiger partial charge is 0.393 e. The van der Waals surface area contributed by atoms with E-state index in [0.717, 1.165) is 0 Å². The van der Waals surface area contributed by atoms with Crippen LogP contribution in [0.25, 0.3) is 0 Å². The van der Waals surface area contributed by atoms with Crippen LogP contribution in [0.4, 0.5) is 17.1 Å². The number of hydrogen-bond acceptors (Lipinski definition) is 7. The lowest BCUT2D eigenvalue weighted by molar-refractivity contribution is -0.383. The number of nitrogens with two attached hydrogens (primary N) is 1. The molecule has 0 atom stereocenters. The van der Waals surface area contributed by atoms with Gasteiger partial charge in [0.15, 0.2) is 5.82 Å². The lowest BCUT2D eigenvalue weighted by Crippen LogP contribution is -2.05. The number of nitro groups is 1. The van der Waals surface area contributed by atoms with Gasteiger partial charge in [-0.1, -0.05) is 11.2 Å². The summed E-state index contributed by atoms with van der Waals surface area (Å²) in [6.45, 7) is 0.223. The van der Waals surface area contributed by atoms with Gasteiger partial charge < -0.3 is 15.6 Å². The van der Waals surface area contributed by atoms with Crippen molar-refractivity contribution in [3.05, 3.63) is 40.5 Å². The fourth-order valence-electron chi connectivity index (χ4n) is 1.35. The molecular formula is C9H9N5O3. The van der Waals surface area contributed by atoms with Crippen LogP contribution in [-0.2, 0) is 6.54 Å². The summed E-state index contributed by atoms with van der Waals surface area (Å²) in [5.41, 5.74) is 5.81. The van der Waals surface area contributed by atoms with Crippen molar-refractivity contribution in [2.45, 2.75) is 6.54 Å². The number of hydrogen-bond donors (Lipinski definition) is 2. The van der Waals surface area contributed by atoms with Crippen molar-refractivity contribution in [3.8, 4) is 0 Å². The number of anilines is 2. The van der Waals surface area contributed by atoms with Crippen molar-refractivity contribution >= 4 is 17.1 Å². The molecule has 2 aromatic rings. The second-order valence-electron chi connectivity index (χ2n) is 3.20. The molecule has 0 radical (unpaired) electrons. The van der Waals surface area contributed by atoms with Crippen molar-refractivity contribution in [2.75, 3.05) is 11.1 Å². The van der Waals surface area contributed by atoms with Gasteiger partial charge in [0.2, 0.25) is 6.39 Å². The monoisotopic (exact) mass is 235 g/mol. The summed E-state index contributed by atoms with van der Waals surface area (Å²) in [6.07, 6.45) is 1.19. The lowest BCUT2D eigenvalue weighted by Gasteiger charge is -2.05. The van der Waals surface area contributed by atoms with Crippen LogP contribution >= 0.6 is 0 Å². The Morgan fingerprint density at radius 3 is 3.00 bits per heavy atom. The Morgan fingerprint density at radius 1 is 1.53 bits per heavy atom. The Bertz CT molecular complexity index is 525. The molecule has 0 saturated carbocycles. The molecule has 0 bridgehead atoms. The highest BCUT2D eigenvalue weighted by Gasteiger charge is 2.17. The van der Waals surface area contributed by atoms with Gasteiger partial charge in [-0.15, -0.1) is 0 Å². The third-order valence-electron chi connectivity index (χ3n) is 2.09. The molecule has 0 aliphatic rings. The quantitative estimate of drug-likeness (QED) is 0.463. The molecule has 8 nitrogen and oxygen atoms in total. The first kappa shape index (κ1) is 10.9. The minimum absolute atomic E-state index is 0.105. The fraction of sp³-hybridized carbons (Fsp3) is 0.111. The number of aromatic nitrogens is 2. The van der Waals surface area contributed by atoms with Crippen LogP contribution in [0, 0.1) is 10.1 Å². The molecule has 0 aliphatic carbocycles. The van der Waals surface area contributed by atoms with E-state index in [1.165, 1.54) is 12.5 Å². The van der Waals surface area contributed by atoms with Gasteiger partial charge in [0.1, 0.15) is 11.4 Å². The van der Waals surface area contributed by atoms with Crippen LogP contribution in [0.5, 0.6) is 0 Å². The van der Waals surface area contributed by atoms with Crippen LogP contribution in [0.1, 0.15) is 5.82 Å².